The van der Waals surface area contributed by atoms with Gasteiger partial charge < -0.3 is 5.11 Å². The maximum absolute atomic E-state index is 13.3. The van der Waals surface area contributed by atoms with Crippen LogP contribution in [0.2, 0.25) is 0 Å². The maximum atomic E-state index is 13.3. The second-order valence-corrected chi connectivity index (χ2v) is 5.28. The average molecular weight is 313 g/mol. The summed E-state index contributed by atoms with van der Waals surface area (Å²) in [6.07, 6.45) is 0. The SMILES string of the molecule is Oc1ccccc1SCc1cccc(F)c1Br. The Morgan fingerprint density at radius 2 is 1.88 bits per heavy atom. The first-order valence-corrected chi connectivity index (χ1v) is 6.80. The third-order valence-electron chi connectivity index (χ3n) is 2.28. The quantitative estimate of drug-likeness (QED) is 0.837. The molecule has 0 amide bonds. The summed E-state index contributed by atoms with van der Waals surface area (Å²) in [6.45, 7) is 0. The zero-order chi connectivity index (χ0) is 12.3. The summed E-state index contributed by atoms with van der Waals surface area (Å²) in [4.78, 5) is 0.795. The van der Waals surface area contributed by atoms with Gasteiger partial charge in [-0.25, -0.2) is 4.39 Å². The second-order valence-electron chi connectivity index (χ2n) is 3.47. The molecule has 0 aliphatic heterocycles. The van der Waals surface area contributed by atoms with Crippen LogP contribution >= 0.6 is 27.7 Å². The standard InChI is InChI=1S/C13H10BrFOS/c14-13-9(4-3-5-10(13)15)8-17-12-7-2-1-6-11(12)16/h1-7,16H,8H2. The van der Waals surface area contributed by atoms with Gasteiger partial charge in [-0.1, -0.05) is 24.3 Å². The number of phenolic OH excluding ortho intramolecular Hbond substituents is 1. The van der Waals surface area contributed by atoms with E-state index in [1.165, 1.54) is 17.8 Å². The van der Waals surface area contributed by atoms with Gasteiger partial charge in [0.15, 0.2) is 0 Å². The Hall–Kier alpha value is -1.00. The van der Waals surface area contributed by atoms with Crippen LogP contribution in [0.25, 0.3) is 0 Å². The Kier molecular flexibility index (Phi) is 4.07. The minimum atomic E-state index is -0.264. The summed E-state index contributed by atoms with van der Waals surface area (Å²) in [5, 5.41) is 9.61. The lowest BCUT2D eigenvalue weighted by Crippen LogP contribution is -1.86. The Morgan fingerprint density at radius 3 is 2.65 bits per heavy atom. The number of aromatic hydroxyl groups is 1. The molecule has 17 heavy (non-hydrogen) atoms. The summed E-state index contributed by atoms with van der Waals surface area (Å²) in [7, 11) is 0. The number of para-hydroxylation sites is 1. The molecule has 0 fully saturated rings. The average Bonchev–Trinajstić information content (AvgIpc) is 2.33. The Balaban J connectivity index is 2.13. The van der Waals surface area contributed by atoms with Crippen LogP contribution in [-0.2, 0) is 5.75 Å². The van der Waals surface area contributed by atoms with Crippen molar-refractivity contribution in [1.29, 1.82) is 0 Å². The van der Waals surface area contributed by atoms with Gasteiger partial charge in [0.25, 0.3) is 0 Å². The van der Waals surface area contributed by atoms with Gasteiger partial charge in [0.1, 0.15) is 11.6 Å². The van der Waals surface area contributed by atoms with Crippen LogP contribution in [-0.4, -0.2) is 5.11 Å². The number of hydrogen-bond donors (Lipinski definition) is 1. The minimum Gasteiger partial charge on any atom is -0.507 e. The van der Waals surface area contributed by atoms with Gasteiger partial charge in [-0.2, -0.15) is 0 Å². The highest BCUT2D eigenvalue weighted by Crippen LogP contribution is 2.32. The monoisotopic (exact) mass is 312 g/mol. The fraction of sp³-hybridized carbons (Fsp3) is 0.0769. The molecule has 0 bridgehead atoms. The van der Waals surface area contributed by atoms with Gasteiger partial charge in [0.05, 0.1) is 4.47 Å². The predicted molar refractivity (Wildman–Crippen MR) is 71.8 cm³/mol. The molecule has 4 heteroatoms. The van der Waals surface area contributed by atoms with Crippen LogP contribution in [0.4, 0.5) is 4.39 Å². The fourth-order valence-electron chi connectivity index (χ4n) is 1.39. The highest BCUT2D eigenvalue weighted by Gasteiger charge is 2.07. The lowest BCUT2D eigenvalue weighted by Gasteiger charge is -2.06. The van der Waals surface area contributed by atoms with Gasteiger partial charge in [-0.05, 0) is 39.7 Å². The molecule has 0 saturated carbocycles. The summed E-state index contributed by atoms with van der Waals surface area (Å²) in [5.74, 6) is 0.598. The molecule has 1 nitrogen and oxygen atoms in total. The van der Waals surface area contributed by atoms with Gasteiger partial charge in [0.2, 0.25) is 0 Å². The lowest BCUT2D eigenvalue weighted by molar-refractivity contribution is 0.462. The van der Waals surface area contributed by atoms with Crippen LogP contribution in [0.3, 0.4) is 0 Å². The molecule has 0 heterocycles. The highest BCUT2D eigenvalue weighted by molar-refractivity contribution is 9.10. The smallest absolute Gasteiger partial charge is 0.137 e. The number of hydrogen-bond acceptors (Lipinski definition) is 2. The van der Waals surface area contributed by atoms with Crippen LogP contribution in [0.15, 0.2) is 51.8 Å². The topological polar surface area (TPSA) is 20.2 Å². The molecule has 0 spiro atoms. The fourth-order valence-corrected chi connectivity index (χ4v) is 2.93. The molecular formula is C13H10BrFOS. The van der Waals surface area contributed by atoms with Crippen molar-refractivity contribution in [1.82, 2.24) is 0 Å². The van der Waals surface area contributed by atoms with Crippen LogP contribution in [0.5, 0.6) is 5.75 Å². The predicted octanol–water partition coefficient (Wildman–Crippen LogP) is 4.59. The van der Waals surface area contributed by atoms with Gasteiger partial charge in [0, 0.05) is 10.6 Å². The van der Waals surface area contributed by atoms with E-state index < -0.39 is 0 Å². The van der Waals surface area contributed by atoms with E-state index in [0.717, 1.165) is 10.5 Å². The number of rotatable bonds is 3. The van der Waals surface area contributed by atoms with Crippen molar-refractivity contribution in [2.24, 2.45) is 0 Å². The van der Waals surface area contributed by atoms with E-state index >= 15 is 0 Å². The van der Waals surface area contributed by atoms with E-state index in [1.807, 2.05) is 18.2 Å². The first kappa shape index (κ1) is 12.5. The van der Waals surface area contributed by atoms with E-state index in [9.17, 15) is 9.50 Å². The number of halogens is 2. The summed E-state index contributed by atoms with van der Waals surface area (Å²) >= 11 is 4.70. The van der Waals surface area contributed by atoms with Crippen molar-refractivity contribution in [2.75, 3.05) is 0 Å². The zero-order valence-electron chi connectivity index (χ0n) is 8.86. The molecule has 2 aromatic carbocycles. The molecule has 0 aliphatic carbocycles. The number of phenols is 1. The first-order valence-electron chi connectivity index (χ1n) is 5.02. The molecule has 0 aliphatic rings. The van der Waals surface area contributed by atoms with Crippen molar-refractivity contribution in [3.05, 3.63) is 58.3 Å². The minimum absolute atomic E-state index is 0.255. The number of benzene rings is 2. The Bertz CT molecular complexity index is 531. The molecule has 0 saturated heterocycles. The van der Waals surface area contributed by atoms with E-state index in [-0.39, 0.29) is 11.6 Å². The normalized spacial score (nSPS) is 10.5. The molecule has 0 radical (unpaired) electrons. The van der Waals surface area contributed by atoms with Crippen LogP contribution < -0.4 is 0 Å². The second kappa shape index (κ2) is 5.56. The van der Waals surface area contributed by atoms with Crippen molar-refractivity contribution in [3.8, 4) is 5.75 Å². The molecule has 2 rings (SSSR count). The third-order valence-corrected chi connectivity index (χ3v) is 4.28. The van der Waals surface area contributed by atoms with E-state index in [2.05, 4.69) is 15.9 Å². The maximum Gasteiger partial charge on any atom is 0.137 e. The summed E-state index contributed by atoms with van der Waals surface area (Å²) in [6, 6.07) is 12.1. The largest absolute Gasteiger partial charge is 0.507 e. The van der Waals surface area contributed by atoms with Crippen molar-refractivity contribution in [2.45, 2.75) is 10.6 Å². The Morgan fingerprint density at radius 1 is 1.12 bits per heavy atom. The number of thioether (sulfide) groups is 1. The van der Waals surface area contributed by atoms with Gasteiger partial charge in [-0.3, -0.25) is 0 Å². The van der Waals surface area contributed by atoms with Crippen molar-refractivity contribution < 1.29 is 9.50 Å². The van der Waals surface area contributed by atoms with Crippen molar-refractivity contribution in [3.63, 3.8) is 0 Å². The molecule has 0 atom stereocenters. The van der Waals surface area contributed by atoms with Crippen molar-refractivity contribution >= 4 is 27.7 Å². The molecule has 2 aromatic rings. The molecule has 0 aromatic heterocycles. The van der Waals surface area contributed by atoms with Gasteiger partial charge >= 0.3 is 0 Å². The third kappa shape index (κ3) is 3.01. The first-order chi connectivity index (χ1) is 8.18. The lowest BCUT2D eigenvalue weighted by atomic mass is 10.2. The van der Waals surface area contributed by atoms with Gasteiger partial charge in [-0.15, -0.1) is 11.8 Å². The summed E-state index contributed by atoms with van der Waals surface area (Å²) < 4.78 is 13.8. The zero-order valence-corrected chi connectivity index (χ0v) is 11.3. The molecule has 0 unspecified atom stereocenters. The van der Waals surface area contributed by atoms with Crippen LogP contribution in [0.1, 0.15) is 5.56 Å². The Labute approximate surface area is 112 Å². The van der Waals surface area contributed by atoms with Crippen LogP contribution in [0, 0.1) is 5.82 Å². The highest BCUT2D eigenvalue weighted by atomic mass is 79.9. The molecule has 88 valence electrons. The molecule has 1 N–H and O–H groups in total. The molecular weight excluding hydrogens is 303 g/mol. The van der Waals surface area contributed by atoms with E-state index in [0.29, 0.717) is 10.2 Å². The summed E-state index contributed by atoms with van der Waals surface area (Å²) in [5.41, 5.74) is 0.873. The van der Waals surface area contributed by atoms with E-state index in [1.54, 1.807) is 18.2 Å². The van der Waals surface area contributed by atoms with E-state index in [4.69, 9.17) is 0 Å².